The average molecular weight is 293 g/mol. The molecule has 1 N–H and O–H groups in total. The Kier molecular flexibility index (Phi) is 3.61. The molecule has 1 unspecified atom stereocenters. The summed E-state index contributed by atoms with van der Waals surface area (Å²) in [5, 5.41) is 23.7. The summed E-state index contributed by atoms with van der Waals surface area (Å²) in [4.78, 5) is 42.2. The smallest absolute Gasteiger partial charge is 0.346 e. The second-order valence-electron chi connectivity index (χ2n) is 3.91. The van der Waals surface area contributed by atoms with E-state index in [9.17, 15) is 29.8 Å². The third-order valence-electron chi connectivity index (χ3n) is 2.55. The predicted molar refractivity (Wildman–Crippen MR) is 66.2 cm³/mol. The van der Waals surface area contributed by atoms with E-state index in [1.807, 2.05) is 0 Å². The first-order valence-corrected chi connectivity index (χ1v) is 5.51. The summed E-state index contributed by atoms with van der Waals surface area (Å²) in [6.45, 7) is 0. The van der Waals surface area contributed by atoms with Crippen LogP contribution in [-0.2, 0) is 9.53 Å². The van der Waals surface area contributed by atoms with Crippen molar-refractivity contribution in [3.05, 3.63) is 56.1 Å². The fourth-order valence-corrected chi connectivity index (χ4v) is 1.63. The van der Waals surface area contributed by atoms with E-state index >= 15 is 0 Å². The Labute approximate surface area is 116 Å². The van der Waals surface area contributed by atoms with Gasteiger partial charge in [0.05, 0.1) is 9.85 Å². The molecule has 108 valence electrons. The molecule has 0 fully saturated rings. The number of carbonyl (C=O) groups excluding carboxylic acids is 2. The van der Waals surface area contributed by atoms with Gasteiger partial charge >= 0.3 is 17.3 Å². The minimum absolute atomic E-state index is 0.163. The van der Waals surface area contributed by atoms with Crippen molar-refractivity contribution in [2.24, 2.45) is 0 Å². The summed E-state index contributed by atoms with van der Waals surface area (Å²) >= 11 is 0. The monoisotopic (exact) mass is 293 g/mol. The summed E-state index contributed by atoms with van der Waals surface area (Å²) in [6.07, 6.45) is 1.43. The Morgan fingerprint density at radius 2 is 1.86 bits per heavy atom. The van der Waals surface area contributed by atoms with Crippen molar-refractivity contribution < 1.29 is 24.2 Å². The molecule has 1 aromatic carbocycles. The predicted octanol–water partition coefficient (Wildman–Crippen LogP) is 0.672. The molecular weight excluding hydrogens is 286 g/mol. The molecule has 0 bridgehead atoms. The highest BCUT2D eigenvalue weighted by Gasteiger charge is 2.27. The molecule has 1 aliphatic rings. The molecule has 0 saturated carbocycles. The first kappa shape index (κ1) is 14.1. The minimum Gasteiger partial charge on any atom is -0.435 e. The number of nitro benzene ring substituents is 2. The SMILES string of the molecule is O=C1C=CC(NC(=O)c2ccc([N+](=O)[O-])c([N+](=O)[O-])c2)O1. The van der Waals surface area contributed by atoms with Crippen LogP contribution in [0.4, 0.5) is 11.4 Å². The van der Waals surface area contributed by atoms with Gasteiger partial charge in [-0.15, -0.1) is 0 Å². The van der Waals surface area contributed by atoms with Crippen LogP contribution in [0.1, 0.15) is 10.4 Å². The van der Waals surface area contributed by atoms with Gasteiger partial charge in [-0.05, 0) is 12.1 Å². The third kappa shape index (κ3) is 3.00. The lowest BCUT2D eigenvalue weighted by molar-refractivity contribution is -0.422. The van der Waals surface area contributed by atoms with Crippen molar-refractivity contribution >= 4 is 23.3 Å². The van der Waals surface area contributed by atoms with Gasteiger partial charge in [0.1, 0.15) is 0 Å². The molecule has 10 nitrogen and oxygen atoms in total. The van der Waals surface area contributed by atoms with E-state index in [0.717, 1.165) is 24.3 Å². The maximum atomic E-state index is 11.8. The zero-order chi connectivity index (χ0) is 15.6. The van der Waals surface area contributed by atoms with Crippen molar-refractivity contribution in [1.29, 1.82) is 0 Å². The van der Waals surface area contributed by atoms with E-state index in [1.165, 1.54) is 6.08 Å². The van der Waals surface area contributed by atoms with Gasteiger partial charge in [0.25, 0.3) is 5.91 Å². The maximum Gasteiger partial charge on any atom is 0.346 e. The van der Waals surface area contributed by atoms with Gasteiger partial charge in [-0.2, -0.15) is 0 Å². The lowest BCUT2D eigenvalue weighted by atomic mass is 10.1. The van der Waals surface area contributed by atoms with Gasteiger partial charge < -0.3 is 10.1 Å². The second kappa shape index (κ2) is 5.36. The first-order chi connectivity index (χ1) is 9.88. The lowest BCUT2D eigenvalue weighted by Crippen LogP contribution is -2.34. The number of ether oxygens (including phenoxy) is 1. The van der Waals surface area contributed by atoms with Crippen LogP contribution >= 0.6 is 0 Å². The molecule has 1 aromatic rings. The van der Waals surface area contributed by atoms with Crippen LogP contribution in [0, 0.1) is 20.2 Å². The Morgan fingerprint density at radius 3 is 2.38 bits per heavy atom. The van der Waals surface area contributed by atoms with Crippen LogP contribution < -0.4 is 5.32 Å². The summed E-state index contributed by atoms with van der Waals surface area (Å²) in [5.41, 5.74) is -1.68. The highest BCUT2D eigenvalue weighted by Crippen LogP contribution is 2.27. The van der Waals surface area contributed by atoms with Gasteiger partial charge in [0.2, 0.25) is 0 Å². The Morgan fingerprint density at radius 1 is 1.19 bits per heavy atom. The van der Waals surface area contributed by atoms with Gasteiger partial charge in [0, 0.05) is 23.8 Å². The molecule has 21 heavy (non-hydrogen) atoms. The summed E-state index contributed by atoms with van der Waals surface area (Å²) in [5.74, 6) is -1.40. The number of rotatable bonds is 4. The van der Waals surface area contributed by atoms with Crippen molar-refractivity contribution in [3.8, 4) is 0 Å². The van der Waals surface area contributed by atoms with Gasteiger partial charge in [-0.25, -0.2) is 4.79 Å². The number of nitrogens with zero attached hydrogens (tertiary/aromatic N) is 2. The van der Waals surface area contributed by atoms with Gasteiger partial charge in [0.15, 0.2) is 6.23 Å². The fraction of sp³-hybridized carbons (Fsp3) is 0.0909. The van der Waals surface area contributed by atoms with Crippen LogP contribution in [-0.4, -0.2) is 28.0 Å². The molecular formula is C11H7N3O7. The largest absolute Gasteiger partial charge is 0.435 e. The molecule has 0 spiro atoms. The molecule has 0 radical (unpaired) electrons. The normalized spacial score (nSPS) is 16.4. The van der Waals surface area contributed by atoms with E-state index < -0.39 is 39.3 Å². The molecule has 0 aromatic heterocycles. The van der Waals surface area contributed by atoms with Crippen LogP contribution in [0.15, 0.2) is 30.4 Å². The Balaban J connectivity index is 2.24. The summed E-state index contributed by atoms with van der Waals surface area (Å²) in [6, 6.07) is 2.72. The average Bonchev–Trinajstić information content (AvgIpc) is 2.83. The number of esters is 1. The van der Waals surface area contributed by atoms with Crippen molar-refractivity contribution in [2.75, 3.05) is 0 Å². The number of amides is 1. The molecule has 1 amide bonds. The lowest BCUT2D eigenvalue weighted by Gasteiger charge is -2.10. The molecule has 0 aliphatic carbocycles. The van der Waals surface area contributed by atoms with Gasteiger partial charge in [-0.3, -0.25) is 25.0 Å². The maximum absolute atomic E-state index is 11.8. The highest BCUT2D eigenvalue weighted by atomic mass is 16.6. The van der Waals surface area contributed by atoms with E-state index in [-0.39, 0.29) is 5.56 Å². The molecule has 0 saturated heterocycles. The number of carbonyl (C=O) groups is 2. The highest BCUT2D eigenvalue weighted by molar-refractivity contribution is 5.96. The molecule has 10 heteroatoms. The van der Waals surface area contributed by atoms with Crippen molar-refractivity contribution in [3.63, 3.8) is 0 Å². The van der Waals surface area contributed by atoms with Crippen molar-refractivity contribution in [2.45, 2.75) is 6.23 Å². The van der Waals surface area contributed by atoms with E-state index in [1.54, 1.807) is 0 Å². The number of benzene rings is 1. The van der Waals surface area contributed by atoms with Gasteiger partial charge in [-0.1, -0.05) is 0 Å². The second-order valence-corrected chi connectivity index (χ2v) is 3.91. The first-order valence-electron chi connectivity index (χ1n) is 5.51. The number of nitro groups is 2. The molecule has 2 rings (SSSR count). The molecule has 1 heterocycles. The van der Waals surface area contributed by atoms with Crippen molar-refractivity contribution in [1.82, 2.24) is 5.32 Å². The molecule has 1 atom stereocenters. The number of nitrogens with one attached hydrogen (secondary N) is 1. The van der Waals surface area contributed by atoms with Crippen LogP contribution in [0.3, 0.4) is 0 Å². The van der Waals surface area contributed by atoms with E-state index in [4.69, 9.17) is 0 Å². The summed E-state index contributed by atoms with van der Waals surface area (Å²) in [7, 11) is 0. The Bertz CT molecular complexity index is 682. The quantitative estimate of drug-likeness (QED) is 0.488. The van der Waals surface area contributed by atoms with Crippen LogP contribution in [0.5, 0.6) is 0 Å². The zero-order valence-electron chi connectivity index (χ0n) is 10.2. The standard InChI is InChI=1S/C11H7N3O7/c15-10-4-3-9(21-10)12-11(16)6-1-2-7(13(17)18)8(5-6)14(19)20/h1-5,9H,(H,12,16). The topological polar surface area (TPSA) is 142 Å². The number of cyclic esters (lactones) is 1. The van der Waals surface area contributed by atoms with E-state index in [2.05, 4.69) is 10.1 Å². The van der Waals surface area contributed by atoms with Crippen LogP contribution in [0.25, 0.3) is 0 Å². The summed E-state index contributed by atoms with van der Waals surface area (Å²) < 4.78 is 4.67. The Hall–Kier alpha value is -3.30. The number of hydrogen-bond donors (Lipinski definition) is 1. The third-order valence-corrected chi connectivity index (χ3v) is 2.55. The minimum atomic E-state index is -0.973. The molecule has 1 aliphatic heterocycles. The number of hydrogen-bond acceptors (Lipinski definition) is 7. The fourth-order valence-electron chi connectivity index (χ4n) is 1.63. The van der Waals surface area contributed by atoms with Crippen LogP contribution in [0.2, 0.25) is 0 Å². The van der Waals surface area contributed by atoms with E-state index in [0.29, 0.717) is 0 Å². The zero-order valence-corrected chi connectivity index (χ0v) is 10.2.